The molecule has 0 spiro atoms. The second kappa shape index (κ2) is 12.9. The zero-order chi connectivity index (χ0) is 28.9. The highest BCUT2D eigenvalue weighted by molar-refractivity contribution is 6.31. The Balaban J connectivity index is 1.38. The number of alkyl halides is 4. The standard InChI is InChI=1S/C30H29ClF4N2O3/c1-40-23-7-9-28-25(17-23)24(10-12-36-28)27(32)8-5-19-11-14-37(18-21(19)15-29(38)39)13-2-3-20-4-6-22(16-26(20)31)30(33,34)35/h4,6-7,9-10,12,16-17,19,21,27H,5,8,11,13-15,18H2,1H3,(H,38,39)/t19-,21+,27-/m1/s1. The molecule has 2 heterocycles. The van der Waals surface area contributed by atoms with Gasteiger partial charge in [0.2, 0.25) is 0 Å². The maximum Gasteiger partial charge on any atom is 0.416 e. The van der Waals surface area contributed by atoms with Gasteiger partial charge in [0.25, 0.3) is 0 Å². The number of carboxylic acid groups (broad SMARTS) is 1. The average Bonchev–Trinajstić information content (AvgIpc) is 2.91. The second-order valence-corrected chi connectivity index (χ2v) is 10.4. The average molecular weight is 577 g/mol. The van der Waals surface area contributed by atoms with Crippen molar-refractivity contribution in [3.63, 3.8) is 0 Å². The lowest BCUT2D eigenvalue weighted by molar-refractivity contribution is -0.139. The van der Waals surface area contributed by atoms with Crippen LogP contribution in [-0.2, 0) is 11.0 Å². The number of pyridine rings is 1. The monoisotopic (exact) mass is 576 g/mol. The van der Waals surface area contributed by atoms with E-state index in [0.717, 1.165) is 12.1 Å². The van der Waals surface area contributed by atoms with Crippen LogP contribution < -0.4 is 4.74 Å². The third-order valence-electron chi connectivity index (χ3n) is 7.35. The third kappa shape index (κ3) is 7.43. The van der Waals surface area contributed by atoms with E-state index in [4.69, 9.17) is 16.3 Å². The van der Waals surface area contributed by atoms with E-state index in [-0.39, 0.29) is 29.7 Å². The molecule has 1 fully saturated rings. The topological polar surface area (TPSA) is 62.7 Å². The molecule has 1 aromatic heterocycles. The van der Waals surface area contributed by atoms with Crippen LogP contribution in [0.1, 0.15) is 48.5 Å². The van der Waals surface area contributed by atoms with Crippen LogP contribution >= 0.6 is 11.6 Å². The lowest BCUT2D eigenvalue weighted by Gasteiger charge is -2.37. The van der Waals surface area contributed by atoms with E-state index in [1.54, 1.807) is 37.6 Å². The first kappa shape index (κ1) is 29.6. The van der Waals surface area contributed by atoms with E-state index in [1.807, 2.05) is 4.90 Å². The van der Waals surface area contributed by atoms with E-state index in [0.29, 0.717) is 60.3 Å². The number of ether oxygens (including phenoxy) is 1. The Bertz CT molecular complexity index is 1420. The summed E-state index contributed by atoms with van der Waals surface area (Å²) in [6.45, 7) is 1.46. The van der Waals surface area contributed by atoms with Gasteiger partial charge in [0.1, 0.15) is 11.9 Å². The lowest BCUT2D eigenvalue weighted by atomic mass is 9.79. The molecule has 0 radical (unpaired) electrons. The van der Waals surface area contributed by atoms with Gasteiger partial charge in [-0.1, -0.05) is 23.4 Å². The largest absolute Gasteiger partial charge is 0.497 e. The number of hydrogen-bond donors (Lipinski definition) is 1. The summed E-state index contributed by atoms with van der Waals surface area (Å²) < 4.78 is 59.3. The molecule has 1 N–H and O–H groups in total. The Kier molecular flexibility index (Phi) is 9.54. The molecule has 212 valence electrons. The summed E-state index contributed by atoms with van der Waals surface area (Å²) in [4.78, 5) is 17.9. The maximum atomic E-state index is 15.5. The minimum absolute atomic E-state index is 0.0329. The summed E-state index contributed by atoms with van der Waals surface area (Å²) in [7, 11) is 1.55. The molecular formula is C30H29ClF4N2O3. The summed E-state index contributed by atoms with van der Waals surface area (Å²) in [5.41, 5.74) is 0.668. The SMILES string of the molecule is COc1ccc2nccc([C@H](F)CC[C@@H]3CCN(CC#Cc4ccc(C(F)(F)F)cc4Cl)C[C@@H]3CC(=O)O)c2c1. The number of hydrogen-bond acceptors (Lipinski definition) is 4. The molecule has 0 amide bonds. The number of nitrogens with zero attached hydrogens (tertiary/aromatic N) is 2. The van der Waals surface area contributed by atoms with Gasteiger partial charge in [0, 0.05) is 30.1 Å². The lowest BCUT2D eigenvalue weighted by Crippen LogP contribution is -2.41. The molecule has 0 aliphatic carbocycles. The Hall–Kier alpha value is -3.35. The number of likely N-dealkylation sites (tertiary alicyclic amines) is 1. The van der Waals surface area contributed by atoms with E-state index in [2.05, 4.69) is 16.8 Å². The first-order valence-corrected chi connectivity index (χ1v) is 13.3. The maximum absolute atomic E-state index is 15.5. The van der Waals surface area contributed by atoms with E-state index < -0.39 is 23.9 Å². The molecule has 4 rings (SSSR count). The molecular weight excluding hydrogens is 548 g/mol. The molecule has 2 aromatic carbocycles. The first-order chi connectivity index (χ1) is 19.0. The van der Waals surface area contributed by atoms with Crippen LogP contribution in [0.2, 0.25) is 5.02 Å². The smallest absolute Gasteiger partial charge is 0.416 e. The van der Waals surface area contributed by atoms with Crippen molar-refractivity contribution in [2.24, 2.45) is 11.8 Å². The number of carbonyl (C=O) groups is 1. The van der Waals surface area contributed by atoms with Gasteiger partial charge in [-0.05, 0) is 85.7 Å². The molecule has 0 unspecified atom stereocenters. The van der Waals surface area contributed by atoms with Crippen molar-refractivity contribution in [2.45, 2.75) is 38.0 Å². The Morgan fingerprint density at radius 1 is 1.23 bits per heavy atom. The molecule has 40 heavy (non-hydrogen) atoms. The summed E-state index contributed by atoms with van der Waals surface area (Å²) in [5.74, 6) is 5.32. The highest BCUT2D eigenvalue weighted by atomic mass is 35.5. The summed E-state index contributed by atoms with van der Waals surface area (Å²) in [6, 6.07) is 10.0. The molecule has 0 bridgehead atoms. The fourth-order valence-corrected chi connectivity index (χ4v) is 5.47. The van der Waals surface area contributed by atoms with Crippen LogP contribution in [0.25, 0.3) is 10.9 Å². The van der Waals surface area contributed by atoms with Gasteiger partial charge in [-0.3, -0.25) is 14.7 Å². The zero-order valence-electron chi connectivity index (χ0n) is 21.8. The van der Waals surface area contributed by atoms with Crippen LogP contribution in [0.3, 0.4) is 0 Å². The molecule has 0 saturated carbocycles. The minimum Gasteiger partial charge on any atom is -0.497 e. The summed E-state index contributed by atoms with van der Waals surface area (Å²) >= 11 is 5.99. The van der Waals surface area contributed by atoms with E-state index in [9.17, 15) is 23.1 Å². The van der Waals surface area contributed by atoms with Gasteiger partial charge < -0.3 is 9.84 Å². The zero-order valence-corrected chi connectivity index (χ0v) is 22.6. The molecule has 3 atom stereocenters. The number of methoxy groups -OCH3 is 1. The number of carboxylic acids is 1. The molecule has 10 heteroatoms. The number of aliphatic carboxylic acids is 1. The van der Waals surface area contributed by atoms with Crippen molar-refractivity contribution in [3.8, 4) is 17.6 Å². The predicted molar refractivity (Wildman–Crippen MR) is 145 cm³/mol. The summed E-state index contributed by atoms with van der Waals surface area (Å²) in [6.07, 6.45) is -2.69. The Morgan fingerprint density at radius 3 is 2.73 bits per heavy atom. The Morgan fingerprint density at radius 2 is 2.02 bits per heavy atom. The second-order valence-electron chi connectivity index (χ2n) is 9.96. The normalized spacial score (nSPS) is 18.6. The first-order valence-electron chi connectivity index (χ1n) is 12.9. The van der Waals surface area contributed by atoms with E-state index >= 15 is 4.39 Å². The predicted octanol–water partition coefficient (Wildman–Crippen LogP) is 7.17. The van der Waals surface area contributed by atoms with Gasteiger partial charge in [-0.2, -0.15) is 13.2 Å². The highest BCUT2D eigenvalue weighted by Crippen LogP contribution is 2.36. The quantitative estimate of drug-likeness (QED) is 0.227. The van der Waals surface area contributed by atoms with Crippen LogP contribution in [0, 0.1) is 23.7 Å². The van der Waals surface area contributed by atoms with Gasteiger partial charge in [-0.15, -0.1) is 0 Å². The molecule has 1 saturated heterocycles. The van der Waals surface area contributed by atoms with Gasteiger partial charge in [0.05, 0.1) is 29.8 Å². The number of aromatic nitrogens is 1. The van der Waals surface area contributed by atoms with Crippen molar-refractivity contribution < 1.29 is 32.2 Å². The molecule has 1 aliphatic rings. The van der Waals surface area contributed by atoms with Crippen molar-refractivity contribution >= 4 is 28.5 Å². The molecule has 5 nitrogen and oxygen atoms in total. The molecule has 3 aromatic rings. The number of fused-ring (bicyclic) bond motifs is 1. The minimum atomic E-state index is -4.49. The number of rotatable bonds is 8. The highest BCUT2D eigenvalue weighted by Gasteiger charge is 2.32. The fourth-order valence-electron chi connectivity index (χ4n) is 5.24. The van der Waals surface area contributed by atoms with Crippen molar-refractivity contribution in [1.29, 1.82) is 0 Å². The van der Waals surface area contributed by atoms with Crippen LogP contribution in [0.15, 0.2) is 48.7 Å². The van der Waals surface area contributed by atoms with Gasteiger partial charge in [0.15, 0.2) is 0 Å². The number of benzene rings is 2. The van der Waals surface area contributed by atoms with Crippen LogP contribution in [-0.4, -0.2) is 47.7 Å². The van der Waals surface area contributed by atoms with Gasteiger partial charge in [-0.25, -0.2) is 4.39 Å². The third-order valence-corrected chi connectivity index (χ3v) is 7.66. The molecule has 1 aliphatic heterocycles. The van der Waals surface area contributed by atoms with Gasteiger partial charge >= 0.3 is 12.1 Å². The van der Waals surface area contributed by atoms with Crippen molar-refractivity contribution in [1.82, 2.24) is 9.88 Å². The van der Waals surface area contributed by atoms with Crippen LogP contribution in [0.5, 0.6) is 5.75 Å². The van der Waals surface area contributed by atoms with Crippen molar-refractivity contribution in [2.75, 3.05) is 26.7 Å². The van der Waals surface area contributed by atoms with Crippen molar-refractivity contribution in [3.05, 3.63) is 70.4 Å². The Labute approximate surface area is 235 Å². The summed E-state index contributed by atoms with van der Waals surface area (Å²) in [5, 5.41) is 10.1. The van der Waals surface area contributed by atoms with E-state index in [1.165, 1.54) is 6.07 Å². The fraction of sp³-hybridized carbons (Fsp3) is 0.400. The number of piperidine rings is 1. The number of halogens is 5. The van der Waals surface area contributed by atoms with Crippen LogP contribution in [0.4, 0.5) is 17.6 Å².